The van der Waals surface area contributed by atoms with Crippen molar-refractivity contribution in [1.82, 2.24) is 0 Å². The SMILES string of the molecule is Cc1ccccc1N(CCC(=O)O)C(=O)C(C)C(C)N. The van der Waals surface area contributed by atoms with Crippen LogP contribution in [0.25, 0.3) is 0 Å². The number of para-hydroxylation sites is 1. The number of anilines is 1. The van der Waals surface area contributed by atoms with Gasteiger partial charge in [-0.05, 0) is 25.5 Å². The van der Waals surface area contributed by atoms with Gasteiger partial charge in [0, 0.05) is 18.3 Å². The number of carbonyl (C=O) groups is 2. The number of rotatable bonds is 6. The van der Waals surface area contributed by atoms with Crippen LogP contribution in [-0.2, 0) is 9.59 Å². The molecule has 0 aliphatic heterocycles. The average Bonchev–Trinajstić information content (AvgIpc) is 2.39. The second-order valence-corrected chi connectivity index (χ2v) is 5.07. The molecule has 0 aromatic heterocycles. The zero-order valence-electron chi connectivity index (χ0n) is 12.2. The van der Waals surface area contributed by atoms with Crippen molar-refractivity contribution in [3.05, 3.63) is 29.8 Å². The molecular formula is C15H22N2O3. The molecule has 3 N–H and O–H groups in total. The van der Waals surface area contributed by atoms with Gasteiger partial charge in [-0.15, -0.1) is 0 Å². The largest absolute Gasteiger partial charge is 0.481 e. The zero-order chi connectivity index (χ0) is 15.3. The number of aryl methyl sites for hydroxylation is 1. The Morgan fingerprint density at radius 1 is 1.30 bits per heavy atom. The predicted molar refractivity (Wildman–Crippen MR) is 78.6 cm³/mol. The molecule has 0 bridgehead atoms. The van der Waals surface area contributed by atoms with Crippen molar-refractivity contribution in [2.75, 3.05) is 11.4 Å². The standard InChI is InChI=1S/C15H22N2O3/c1-10-6-4-5-7-13(10)17(9-8-14(18)19)15(20)11(2)12(3)16/h4-7,11-12H,8-9,16H2,1-3H3,(H,18,19). The number of carbonyl (C=O) groups excluding carboxylic acids is 1. The molecule has 20 heavy (non-hydrogen) atoms. The van der Waals surface area contributed by atoms with E-state index in [1.165, 1.54) is 4.90 Å². The van der Waals surface area contributed by atoms with E-state index in [-0.39, 0.29) is 30.8 Å². The van der Waals surface area contributed by atoms with Gasteiger partial charge in [-0.25, -0.2) is 0 Å². The van der Waals surface area contributed by atoms with E-state index in [4.69, 9.17) is 10.8 Å². The lowest BCUT2D eigenvalue weighted by molar-refractivity contribution is -0.136. The summed E-state index contributed by atoms with van der Waals surface area (Å²) in [7, 11) is 0. The summed E-state index contributed by atoms with van der Waals surface area (Å²) in [6.45, 7) is 5.58. The van der Waals surface area contributed by atoms with E-state index < -0.39 is 5.97 Å². The number of nitrogens with two attached hydrogens (primary N) is 1. The summed E-state index contributed by atoms with van der Waals surface area (Å²) < 4.78 is 0. The van der Waals surface area contributed by atoms with Crippen molar-refractivity contribution in [2.45, 2.75) is 33.2 Å². The van der Waals surface area contributed by atoms with Crippen molar-refractivity contribution in [1.29, 1.82) is 0 Å². The highest BCUT2D eigenvalue weighted by atomic mass is 16.4. The van der Waals surface area contributed by atoms with Gasteiger partial charge in [0.2, 0.25) is 5.91 Å². The minimum Gasteiger partial charge on any atom is -0.481 e. The molecule has 5 heteroatoms. The molecule has 0 fully saturated rings. The Labute approximate surface area is 119 Å². The first-order valence-corrected chi connectivity index (χ1v) is 6.69. The van der Waals surface area contributed by atoms with Crippen LogP contribution in [-0.4, -0.2) is 29.6 Å². The van der Waals surface area contributed by atoms with E-state index in [2.05, 4.69) is 0 Å². The molecule has 1 amide bonds. The molecule has 2 atom stereocenters. The normalized spacial score (nSPS) is 13.6. The van der Waals surface area contributed by atoms with Crippen molar-refractivity contribution < 1.29 is 14.7 Å². The first-order chi connectivity index (χ1) is 9.34. The quantitative estimate of drug-likeness (QED) is 0.831. The monoisotopic (exact) mass is 278 g/mol. The van der Waals surface area contributed by atoms with Crippen molar-refractivity contribution in [3.63, 3.8) is 0 Å². The van der Waals surface area contributed by atoms with Crippen LogP contribution in [0, 0.1) is 12.8 Å². The van der Waals surface area contributed by atoms with E-state index in [9.17, 15) is 9.59 Å². The molecule has 0 heterocycles. The summed E-state index contributed by atoms with van der Waals surface area (Å²) in [5, 5.41) is 8.85. The smallest absolute Gasteiger partial charge is 0.305 e. The topological polar surface area (TPSA) is 83.6 Å². The predicted octanol–water partition coefficient (Wildman–Crippen LogP) is 1.79. The highest BCUT2D eigenvalue weighted by molar-refractivity contribution is 5.96. The Hall–Kier alpha value is -1.88. The van der Waals surface area contributed by atoms with Crippen LogP contribution in [0.3, 0.4) is 0 Å². The molecule has 1 aromatic rings. The molecular weight excluding hydrogens is 256 g/mol. The van der Waals surface area contributed by atoms with Gasteiger partial charge in [0.05, 0.1) is 12.3 Å². The number of benzene rings is 1. The van der Waals surface area contributed by atoms with Crippen LogP contribution >= 0.6 is 0 Å². The van der Waals surface area contributed by atoms with E-state index >= 15 is 0 Å². The van der Waals surface area contributed by atoms with E-state index in [0.717, 1.165) is 11.3 Å². The third-order valence-corrected chi connectivity index (χ3v) is 3.40. The maximum atomic E-state index is 12.5. The number of hydrogen-bond donors (Lipinski definition) is 2. The molecule has 1 rings (SSSR count). The third-order valence-electron chi connectivity index (χ3n) is 3.40. The maximum absolute atomic E-state index is 12.5. The van der Waals surface area contributed by atoms with Crippen molar-refractivity contribution in [2.24, 2.45) is 11.7 Å². The lowest BCUT2D eigenvalue weighted by atomic mass is 10.0. The van der Waals surface area contributed by atoms with Gasteiger partial charge in [0.1, 0.15) is 0 Å². The molecule has 2 unspecified atom stereocenters. The Morgan fingerprint density at radius 3 is 2.40 bits per heavy atom. The zero-order valence-corrected chi connectivity index (χ0v) is 12.2. The molecule has 0 aliphatic rings. The Balaban J connectivity index is 3.05. The van der Waals surface area contributed by atoms with Crippen LogP contribution in [0.2, 0.25) is 0 Å². The van der Waals surface area contributed by atoms with Gasteiger partial charge in [-0.1, -0.05) is 25.1 Å². The molecule has 1 aromatic carbocycles. The van der Waals surface area contributed by atoms with Gasteiger partial charge in [-0.2, -0.15) is 0 Å². The lowest BCUT2D eigenvalue weighted by Gasteiger charge is -2.28. The second kappa shape index (κ2) is 7.05. The summed E-state index contributed by atoms with van der Waals surface area (Å²) in [5.74, 6) is -1.43. The van der Waals surface area contributed by atoms with E-state index in [0.29, 0.717) is 0 Å². The molecule has 110 valence electrons. The van der Waals surface area contributed by atoms with Crippen LogP contribution in [0.4, 0.5) is 5.69 Å². The summed E-state index contributed by atoms with van der Waals surface area (Å²) in [6, 6.07) is 7.16. The lowest BCUT2D eigenvalue weighted by Crippen LogP contribution is -2.43. The Kier molecular flexibility index (Phi) is 5.70. The van der Waals surface area contributed by atoms with Crippen LogP contribution in [0.15, 0.2) is 24.3 Å². The Morgan fingerprint density at radius 2 is 1.90 bits per heavy atom. The number of aliphatic carboxylic acids is 1. The third kappa shape index (κ3) is 4.06. The van der Waals surface area contributed by atoms with Gasteiger partial charge in [0.15, 0.2) is 0 Å². The highest BCUT2D eigenvalue weighted by Crippen LogP contribution is 2.22. The molecule has 0 saturated heterocycles. The second-order valence-electron chi connectivity index (χ2n) is 5.07. The van der Waals surface area contributed by atoms with Gasteiger partial charge in [-0.3, -0.25) is 9.59 Å². The number of nitrogens with zero attached hydrogens (tertiary/aromatic N) is 1. The maximum Gasteiger partial charge on any atom is 0.305 e. The van der Waals surface area contributed by atoms with Crippen LogP contribution in [0.5, 0.6) is 0 Å². The number of carboxylic acids is 1. The van der Waals surface area contributed by atoms with E-state index in [1.54, 1.807) is 13.8 Å². The Bertz CT molecular complexity index is 486. The van der Waals surface area contributed by atoms with Gasteiger partial charge in [0.25, 0.3) is 0 Å². The fraction of sp³-hybridized carbons (Fsp3) is 0.467. The number of amides is 1. The fourth-order valence-electron chi connectivity index (χ4n) is 1.89. The highest BCUT2D eigenvalue weighted by Gasteiger charge is 2.25. The molecule has 0 spiro atoms. The summed E-state index contributed by atoms with van der Waals surface area (Å²) in [4.78, 5) is 24.8. The summed E-state index contributed by atoms with van der Waals surface area (Å²) in [5.41, 5.74) is 7.46. The summed E-state index contributed by atoms with van der Waals surface area (Å²) >= 11 is 0. The molecule has 0 radical (unpaired) electrons. The van der Waals surface area contributed by atoms with Gasteiger partial charge < -0.3 is 15.7 Å². The number of carboxylic acid groups (broad SMARTS) is 1. The van der Waals surface area contributed by atoms with Crippen molar-refractivity contribution in [3.8, 4) is 0 Å². The van der Waals surface area contributed by atoms with Crippen LogP contribution < -0.4 is 10.6 Å². The average molecular weight is 278 g/mol. The minimum absolute atomic E-state index is 0.0915. The minimum atomic E-state index is -0.926. The number of hydrogen-bond acceptors (Lipinski definition) is 3. The summed E-state index contributed by atoms with van der Waals surface area (Å²) in [6.07, 6.45) is -0.0915. The first kappa shape index (κ1) is 16.2. The first-order valence-electron chi connectivity index (χ1n) is 6.69. The molecule has 0 aliphatic carbocycles. The fourth-order valence-corrected chi connectivity index (χ4v) is 1.89. The molecule has 5 nitrogen and oxygen atoms in total. The molecule has 0 saturated carbocycles. The van der Waals surface area contributed by atoms with Gasteiger partial charge >= 0.3 is 5.97 Å². The van der Waals surface area contributed by atoms with Crippen LogP contribution in [0.1, 0.15) is 25.8 Å². The van der Waals surface area contributed by atoms with Crippen molar-refractivity contribution >= 4 is 17.6 Å². The van der Waals surface area contributed by atoms with E-state index in [1.807, 2.05) is 31.2 Å².